The number of methoxy groups -OCH3 is 2. The third-order valence-electron chi connectivity index (χ3n) is 4.53. The van der Waals surface area contributed by atoms with Crippen LogP contribution in [-0.4, -0.2) is 66.6 Å². The molecular formula is C19H23N3O4. The molecule has 3 rings (SSSR count). The SMILES string of the molecule is COc1cc(OC)cc(C(=O)N2CCN(C(=O)c3ccn(C)c3)CC2)c1. The molecule has 0 saturated carbocycles. The van der Waals surface area contributed by atoms with Crippen LogP contribution in [0.3, 0.4) is 0 Å². The number of nitrogens with zero attached hydrogens (tertiary/aromatic N) is 3. The van der Waals surface area contributed by atoms with Gasteiger partial charge >= 0.3 is 0 Å². The molecule has 1 aliphatic rings. The van der Waals surface area contributed by atoms with Crippen LogP contribution in [0.1, 0.15) is 20.7 Å². The summed E-state index contributed by atoms with van der Waals surface area (Å²) >= 11 is 0. The van der Waals surface area contributed by atoms with Gasteiger partial charge in [-0.15, -0.1) is 0 Å². The Morgan fingerprint density at radius 1 is 0.846 bits per heavy atom. The lowest BCUT2D eigenvalue weighted by molar-refractivity contribution is 0.0535. The van der Waals surface area contributed by atoms with Crippen molar-refractivity contribution in [3.05, 3.63) is 47.8 Å². The Balaban J connectivity index is 1.66. The summed E-state index contributed by atoms with van der Waals surface area (Å²) in [6.45, 7) is 2.02. The van der Waals surface area contributed by atoms with Crippen LogP contribution >= 0.6 is 0 Å². The normalized spacial score (nSPS) is 14.3. The second-order valence-electron chi connectivity index (χ2n) is 6.25. The van der Waals surface area contributed by atoms with Gasteiger partial charge in [-0.1, -0.05) is 0 Å². The summed E-state index contributed by atoms with van der Waals surface area (Å²) in [5.41, 5.74) is 1.19. The second-order valence-corrected chi connectivity index (χ2v) is 6.25. The summed E-state index contributed by atoms with van der Waals surface area (Å²) in [6.07, 6.45) is 3.66. The molecule has 0 atom stereocenters. The van der Waals surface area contributed by atoms with Crippen LogP contribution in [0.2, 0.25) is 0 Å². The maximum atomic E-state index is 12.8. The summed E-state index contributed by atoms with van der Waals surface area (Å²) in [6, 6.07) is 6.94. The van der Waals surface area contributed by atoms with Crippen molar-refractivity contribution in [2.75, 3.05) is 40.4 Å². The zero-order valence-electron chi connectivity index (χ0n) is 15.3. The molecule has 2 aromatic rings. The molecule has 7 nitrogen and oxygen atoms in total. The van der Waals surface area contributed by atoms with Crippen molar-refractivity contribution in [2.24, 2.45) is 7.05 Å². The first kappa shape index (κ1) is 17.8. The van der Waals surface area contributed by atoms with Crippen molar-refractivity contribution in [1.82, 2.24) is 14.4 Å². The molecule has 0 radical (unpaired) electrons. The molecule has 0 N–H and O–H groups in total. The number of hydrogen-bond acceptors (Lipinski definition) is 4. The minimum absolute atomic E-state index is 0.000693. The summed E-state index contributed by atoms with van der Waals surface area (Å²) in [4.78, 5) is 28.8. The van der Waals surface area contributed by atoms with E-state index in [1.807, 2.05) is 30.1 Å². The number of hydrogen-bond donors (Lipinski definition) is 0. The van der Waals surface area contributed by atoms with Crippen molar-refractivity contribution >= 4 is 11.8 Å². The third kappa shape index (κ3) is 3.66. The monoisotopic (exact) mass is 357 g/mol. The first-order valence-corrected chi connectivity index (χ1v) is 8.45. The fourth-order valence-corrected chi connectivity index (χ4v) is 3.04. The Bertz CT molecular complexity index is 785. The number of rotatable bonds is 4. The fourth-order valence-electron chi connectivity index (χ4n) is 3.04. The largest absolute Gasteiger partial charge is 0.497 e. The molecular weight excluding hydrogens is 334 g/mol. The third-order valence-corrected chi connectivity index (χ3v) is 4.53. The molecule has 2 amide bonds. The molecule has 1 fully saturated rings. The lowest BCUT2D eigenvalue weighted by Gasteiger charge is -2.34. The number of carbonyl (C=O) groups is 2. The Morgan fingerprint density at radius 2 is 1.35 bits per heavy atom. The number of piperazine rings is 1. The lowest BCUT2D eigenvalue weighted by Crippen LogP contribution is -2.50. The quantitative estimate of drug-likeness (QED) is 0.835. The topological polar surface area (TPSA) is 64.0 Å². The summed E-state index contributed by atoms with van der Waals surface area (Å²) in [5.74, 6) is 1.06. The van der Waals surface area contributed by atoms with Crippen LogP contribution < -0.4 is 9.47 Å². The predicted molar refractivity (Wildman–Crippen MR) is 96.8 cm³/mol. The second kappa shape index (κ2) is 7.51. The Hall–Kier alpha value is -2.96. The van der Waals surface area contributed by atoms with E-state index in [9.17, 15) is 9.59 Å². The van der Waals surface area contributed by atoms with E-state index in [2.05, 4.69) is 0 Å². The molecule has 0 unspecified atom stereocenters. The van der Waals surface area contributed by atoms with Crippen molar-refractivity contribution in [1.29, 1.82) is 0 Å². The zero-order valence-corrected chi connectivity index (χ0v) is 15.3. The molecule has 2 heterocycles. The van der Waals surface area contributed by atoms with Crippen LogP contribution in [0.4, 0.5) is 0 Å². The minimum Gasteiger partial charge on any atom is -0.497 e. The molecule has 1 aliphatic heterocycles. The molecule has 0 aliphatic carbocycles. The van der Waals surface area contributed by atoms with Gasteiger partial charge in [0.05, 0.1) is 19.8 Å². The highest BCUT2D eigenvalue weighted by molar-refractivity contribution is 5.96. The van der Waals surface area contributed by atoms with Crippen molar-refractivity contribution in [2.45, 2.75) is 0 Å². The molecule has 0 spiro atoms. The zero-order chi connectivity index (χ0) is 18.7. The van der Waals surface area contributed by atoms with Crippen LogP contribution in [0.25, 0.3) is 0 Å². The van der Waals surface area contributed by atoms with Gasteiger partial charge in [0.2, 0.25) is 0 Å². The van der Waals surface area contributed by atoms with Gasteiger partial charge in [-0.3, -0.25) is 9.59 Å². The fraction of sp³-hybridized carbons (Fsp3) is 0.368. The van der Waals surface area contributed by atoms with E-state index >= 15 is 0 Å². The number of ether oxygens (including phenoxy) is 2. The highest BCUT2D eigenvalue weighted by Gasteiger charge is 2.26. The highest BCUT2D eigenvalue weighted by Crippen LogP contribution is 2.24. The van der Waals surface area contributed by atoms with E-state index < -0.39 is 0 Å². The molecule has 138 valence electrons. The van der Waals surface area contributed by atoms with E-state index in [0.29, 0.717) is 48.8 Å². The maximum Gasteiger partial charge on any atom is 0.255 e. The van der Waals surface area contributed by atoms with Crippen molar-refractivity contribution in [3.63, 3.8) is 0 Å². The number of aromatic nitrogens is 1. The van der Waals surface area contributed by atoms with Crippen LogP contribution in [0.15, 0.2) is 36.7 Å². The minimum atomic E-state index is -0.0889. The standard InChI is InChI=1S/C19H23N3O4/c1-20-5-4-14(13-20)18(23)21-6-8-22(9-7-21)19(24)15-10-16(25-2)12-17(11-15)26-3/h4-5,10-13H,6-9H2,1-3H3. The van der Waals surface area contributed by atoms with E-state index in [0.717, 1.165) is 0 Å². The van der Waals surface area contributed by atoms with Gasteiger partial charge in [0.1, 0.15) is 11.5 Å². The van der Waals surface area contributed by atoms with E-state index in [1.165, 1.54) is 0 Å². The first-order valence-electron chi connectivity index (χ1n) is 8.45. The molecule has 1 saturated heterocycles. The van der Waals surface area contributed by atoms with Crippen molar-refractivity contribution < 1.29 is 19.1 Å². The predicted octanol–water partition coefficient (Wildman–Crippen LogP) is 1.64. The number of benzene rings is 1. The average molecular weight is 357 g/mol. The first-order chi connectivity index (χ1) is 12.5. The van der Waals surface area contributed by atoms with E-state index in [-0.39, 0.29) is 11.8 Å². The molecule has 7 heteroatoms. The van der Waals surface area contributed by atoms with Crippen LogP contribution in [-0.2, 0) is 7.05 Å². The van der Waals surface area contributed by atoms with Gasteiger partial charge in [0, 0.05) is 57.3 Å². The van der Waals surface area contributed by atoms with E-state index in [4.69, 9.17) is 9.47 Å². The van der Waals surface area contributed by atoms with Gasteiger partial charge in [0.15, 0.2) is 0 Å². The summed E-state index contributed by atoms with van der Waals surface area (Å²) < 4.78 is 12.3. The Morgan fingerprint density at radius 3 is 1.77 bits per heavy atom. The molecule has 1 aromatic heterocycles. The molecule has 26 heavy (non-hydrogen) atoms. The maximum absolute atomic E-state index is 12.8. The van der Waals surface area contributed by atoms with Gasteiger partial charge in [-0.05, 0) is 18.2 Å². The van der Waals surface area contributed by atoms with Crippen LogP contribution in [0.5, 0.6) is 11.5 Å². The van der Waals surface area contributed by atoms with Gasteiger partial charge in [0.25, 0.3) is 11.8 Å². The number of aryl methyl sites for hydroxylation is 1. The highest BCUT2D eigenvalue weighted by atomic mass is 16.5. The van der Waals surface area contributed by atoms with Crippen LogP contribution in [0, 0.1) is 0 Å². The van der Waals surface area contributed by atoms with Crippen molar-refractivity contribution in [3.8, 4) is 11.5 Å². The number of amides is 2. The summed E-state index contributed by atoms with van der Waals surface area (Å²) in [5, 5.41) is 0. The molecule has 0 bridgehead atoms. The molecule has 1 aromatic carbocycles. The average Bonchev–Trinajstić information content (AvgIpc) is 3.12. The van der Waals surface area contributed by atoms with Gasteiger partial charge in [-0.2, -0.15) is 0 Å². The van der Waals surface area contributed by atoms with Gasteiger partial charge < -0.3 is 23.8 Å². The Labute approximate surface area is 152 Å². The number of carbonyl (C=O) groups excluding carboxylic acids is 2. The smallest absolute Gasteiger partial charge is 0.255 e. The van der Waals surface area contributed by atoms with E-state index in [1.54, 1.807) is 42.2 Å². The lowest BCUT2D eigenvalue weighted by atomic mass is 10.1. The van der Waals surface area contributed by atoms with Gasteiger partial charge in [-0.25, -0.2) is 0 Å². The summed E-state index contributed by atoms with van der Waals surface area (Å²) in [7, 11) is 4.99. The Kier molecular flexibility index (Phi) is 5.16.